The number of para-hydroxylation sites is 1. The zero-order valence-corrected chi connectivity index (χ0v) is 14.3. The van der Waals surface area contributed by atoms with Gasteiger partial charge in [-0.3, -0.25) is 4.79 Å². The van der Waals surface area contributed by atoms with E-state index in [-0.39, 0.29) is 5.91 Å². The molecule has 1 amide bonds. The van der Waals surface area contributed by atoms with E-state index in [2.05, 4.69) is 18.3 Å². The van der Waals surface area contributed by atoms with Crippen molar-refractivity contribution in [3.8, 4) is 0 Å². The summed E-state index contributed by atoms with van der Waals surface area (Å²) in [6, 6.07) is 13.8. The standard InChI is InChI=1S/C19H19NO2S/c1-4-13-9-10-16-14(11-13)12(2)18(22-16)19(21)20-15-7-5-6-8-17(15)23-3/h5-11H,4H2,1-3H3,(H,20,21). The highest BCUT2D eigenvalue weighted by Gasteiger charge is 2.18. The number of aryl methyl sites for hydroxylation is 2. The van der Waals surface area contributed by atoms with Crippen molar-refractivity contribution >= 4 is 34.3 Å². The second-order valence-corrected chi connectivity index (χ2v) is 6.24. The van der Waals surface area contributed by atoms with E-state index in [0.29, 0.717) is 5.76 Å². The van der Waals surface area contributed by atoms with Gasteiger partial charge in [0.25, 0.3) is 5.91 Å². The van der Waals surface area contributed by atoms with Crippen LogP contribution < -0.4 is 5.32 Å². The molecule has 23 heavy (non-hydrogen) atoms. The number of hydrogen-bond donors (Lipinski definition) is 1. The van der Waals surface area contributed by atoms with Crippen LogP contribution in [0.3, 0.4) is 0 Å². The first-order chi connectivity index (χ1) is 11.1. The van der Waals surface area contributed by atoms with E-state index in [9.17, 15) is 4.79 Å². The molecule has 2 aromatic carbocycles. The summed E-state index contributed by atoms with van der Waals surface area (Å²) in [5, 5.41) is 3.96. The van der Waals surface area contributed by atoms with Crippen LogP contribution in [-0.2, 0) is 6.42 Å². The maximum absolute atomic E-state index is 12.6. The number of rotatable bonds is 4. The molecule has 0 aliphatic rings. The molecule has 0 aliphatic carbocycles. The van der Waals surface area contributed by atoms with Crippen LogP contribution in [0.2, 0.25) is 0 Å². The molecule has 0 spiro atoms. The molecule has 1 heterocycles. The average molecular weight is 325 g/mol. The molecule has 0 saturated heterocycles. The first-order valence-corrected chi connectivity index (χ1v) is 8.83. The summed E-state index contributed by atoms with van der Waals surface area (Å²) in [5.41, 5.74) is 3.68. The lowest BCUT2D eigenvalue weighted by atomic mass is 10.1. The zero-order valence-electron chi connectivity index (χ0n) is 13.5. The van der Waals surface area contributed by atoms with Crippen molar-refractivity contribution in [1.29, 1.82) is 0 Å². The number of nitrogens with one attached hydrogen (secondary N) is 1. The molecule has 0 unspecified atom stereocenters. The van der Waals surface area contributed by atoms with Gasteiger partial charge in [-0.2, -0.15) is 0 Å². The molecule has 0 radical (unpaired) electrons. The Morgan fingerprint density at radius 1 is 1.22 bits per heavy atom. The van der Waals surface area contributed by atoms with Gasteiger partial charge in [-0.1, -0.05) is 25.1 Å². The van der Waals surface area contributed by atoms with Crippen molar-refractivity contribution in [2.45, 2.75) is 25.2 Å². The van der Waals surface area contributed by atoms with Gasteiger partial charge in [0, 0.05) is 15.8 Å². The minimum Gasteiger partial charge on any atom is -0.451 e. The number of anilines is 1. The second-order valence-electron chi connectivity index (χ2n) is 5.39. The fourth-order valence-corrected chi connectivity index (χ4v) is 3.19. The fraction of sp³-hybridized carbons (Fsp3) is 0.211. The minimum absolute atomic E-state index is 0.210. The van der Waals surface area contributed by atoms with Crippen molar-refractivity contribution in [3.63, 3.8) is 0 Å². The number of benzene rings is 2. The van der Waals surface area contributed by atoms with Gasteiger partial charge < -0.3 is 9.73 Å². The number of hydrogen-bond acceptors (Lipinski definition) is 3. The third-order valence-electron chi connectivity index (χ3n) is 3.97. The lowest BCUT2D eigenvalue weighted by Gasteiger charge is -2.08. The van der Waals surface area contributed by atoms with Crippen LogP contribution >= 0.6 is 11.8 Å². The maximum Gasteiger partial charge on any atom is 0.291 e. The van der Waals surface area contributed by atoms with Gasteiger partial charge in [-0.15, -0.1) is 11.8 Å². The quantitative estimate of drug-likeness (QED) is 0.664. The van der Waals surface area contributed by atoms with Crippen LogP contribution in [0.1, 0.15) is 28.6 Å². The molecular weight excluding hydrogens is 306 g/mol. The number of fused-ring (bicyclic) bond motifs is 1. The van der Waals surface area contributed by atoms with Gasteiger partial charge >= 0.3 is 0 Å². The first-order valence-electron chi connectivity index (χ1n) is 7.60. The molecular formula is C19H19NO2S. The zero-order chi connectivity index (χ0) is 16.4. The van der Waals surface area contributed by atoms with Crippen LogP contribution in [-0.4, -0.2) is 12.2 Å². The largest absolute Gasteiger partial charge is 0.451 e. The van der Waals surface area contributed by atoms with Gasteiger partial charge in [-0.25, -0.2) is 0 Å². The first kappa shape index (κ1) is 15.7. The monoisotopic (exact) mass is 325 g/mol. The third kappa shape index (κ3) is 2.99. The number of carbonyl (C=O) groups is 1. The maximum atomic E-state index is 12.6. The molecule has 3 nitrogen and oxygen atoms in total. The fourth-order valence-electron chi connectivity index (χ4n) is 2.63. The van der Waals surface area contributed by atoms with E-state index in [4.69, 9.17) is 4.42 Å². The predicted molar refractivity (Wildman–Crippen MR) is 96.5 cm³/mol. The summed E-state index contributed by atoms with van der Waals surface area (Å²) in [4.78, 5) is 13.6. The van der Waals surface area contributed by atoms with Gasteiger partial charge in [0.05, 0.1) is 5.69 Å². The summed E-state index contributed by atoms with van der Waals surface area (Å²) < 4.78 is 5.79. The lowest BCUT2D eigenvalue weighted by Crippen LogP contribution is -2.12. The van der Waals surface area contributed by atoms with Crippen LogP contribution in [0.4, 0.5) is 5.69 Å². The van der Waals surface area contributed by atoms with E-state index in [1.165, 1.54) is 5.56 Å². The average Bonchev–Trinajstić information content (AvgIpc) is 2.91. The smallest absolute Gasteiger partial charge is 0.291 e. The Morgan fingerprint density at radius 3 is 2.74 bits per heavy atom. The SMILES string of the molecule is CCc1ccc2oc(C(=O)Nc3ccccc3SC)c(C)c2c1. The minimum atomic E-state index is -0.210. The Labute approximate surface area is 140 Å². The van der Waals surface area contributed by atoms with Crippen LogP contribution in [0.5, 0.6) is 0 Å². The highest BCUT2D eigenvalue weighted by molar-refractivity contribution is 7.98. The van der Waals surface area contributed by atoms with E-state index in [0.717, 1.165) is 33.5 Å². The number of thioether (sulfide) groups is 1. The molecule has 1 aromatic heterocycles. The van der Waals surface area contributed by atoms with Crippen molar-refractivity contribution in [2.75, 3.05) is 11.6 Å². The Kier molecular flexibility index (Phi) is 4.44. The molecule has 0 saturated carbocycles. The number of carbonyl (C=O) groups excluding carboxylic acids is 1. The lowest BCUT2D eigenvalue weighted by molar-refractivity contribution is 0.0997. The molecule has 3 aromatic rings. The second kappa shape index (κ2) is 6.50. The van der Waals surface area contributed by atoms with Gasteiger partial charge in [-0.05, 0) is 49.4 Å². The van der Waals surface area contributed by atoms with E-state index in [1.807, 2.05) is 49.6 Å². The number of furan rings is 1. The molecule has 4 heteroatoms. The molecule has 0 bridgehead atoms. The number of amides is 1. The van der Waals surface area contributed by atoms with Crippen molar-refractivity contribution in [2.24, 2.45) is 0 Å². The Balaban J connectivity index is 1.96. The van der Waals surface area contributed by atoms with Crippen molar-refractivity contribution in [3.05, 3.63) is 59.4 Å². The summed E-state index contributed by atoms with van der Waals surface area (Å²) in [5.74, 6) is 0.169. The molecule has 118 valence electrons. The van der Waals surface area contributed by atoms with Gasteiger partial charge in [0.15, 0.2) is 5.76 Å². The van der Waals surface area contributed by atoms with E-state index in [1.54, 1.807) is 11.8 Å². The highest BCUT2D eigenvalue weighted by Crippen LogP contribution is 2.29. The topological polar surface area (TPSA) is 42.2 Å². The normalized spacial score (nSPS) is 10.9. The summed E-state index contributed by atoms with van der Waals surface area (Å²) in [7, 11) is 0. The molecule has 3 rings (SSSR count). The van der Waals surface area contributed by atoms with Crippen LogP contribution in [0.15, 0.2) is 51.8 Å². The summed E-state index contributed by atoms with van der Waals surface area (Å²) in [6.07, 6.45) is 2.95. The van der Waals surface area contributed by atoms with Crippen LogP contribution in [0.25, 0.3) is 11.0 Å². The molecule has 0 fully saturated rings. The van der Waals surface area contributed by atoms with E-state index < -0.39 is 0 Å². The van der Waals surface area contributed by atoms with Crippen molar-refractivity contribution < 1.29 is 9.21 Å². The molecule has 0 atom stereocenters. The summed E-state index contributed by atoms with van der Waals surface area (Å²) in [6.45, 7) is 4.05. The highest BCUT2D eigenvalue weighted by atomic mass is 32.2. The van der Waals surface area contributed by atoms with Crippen molar-refractivity contribution in [1.82, 2.24) is 0 Å². The van der Waals surface area contributed by atoms with Gasteiger partial charge in [0.2, 0.25) is 0 Å². The Bertz CT molecular complexity index is 867. The Hall–Kier alpha value is -2.20. The van der Waals surface area contributed by atoms with Gasteiger partial charge in [0.1, 0.15) is 5.58 Å². The summed E-state index contributed by atoms with van der Waals surface area (Å²) >= 11 is 1.60. The predicted octanol–water partition coefficient (Wildman–Crippen LogP) is 5.28. The molecule has 1 N–H and O–H groups in total. The third-order valence-corrected chi connectivity index (χ3v) is 4.77. The van der Waals surface area contributed by atoms with E-state index >= 15 is 0 Å². The van der Waals surface area contributed by atoms with Crippen LogP contribution in [0, 0.1) is 6.92 Å². The Morgan fingerprint density at radius 2 is 2.00 bits per heavy atom. The molecule has 0 aliphatic heterocycles.